The summed E-state index contributed by atoms with van der Waals surface area (Å²) >= 11 is 0. The van der Waals surface area contributed by atoms with Crippen molar-refractivity contribution in [3.63, 3.8) is 0 Å². The van der Waals surface area contributed by atoms with Crippen LogP contribution in [-0.2, 0) is 33.0 Å². The van der Waals surface area contributed by atoms with Gasteiger partial charge in [-0.3, -0.25) is 4.72 Å². The van der Waals surface area contributed by atoms with Crippen molar-refractivity contribution in [3.8, 4) is 5.75 Å². The second-order valence-corrected chi connectivity index (χ2v) is 10.6. The SMILES string of the molecule is CC1=C(C)Cc2c(OS(=O)(=O)C(F)(F)F)ccc(NS(=O)(=O)c3ccc(C)cc3)c2C1. The van der Waals surface area contributed by atoms with Crippen LogP contribution < -0.4 is 8.91 Å². The van der Waals surface area contributed by atoms with Crippen molar-refractivity contribution in [1.82, 2.24) is 0 Å². The van der Waals surface area contributed by atoms with Crippen LogP contribution >= 0.6 is 0 Å². The van der Waals surface area contributed by atoms with E-state index in [9.17, 15) is 30.0 Å². The molecule has 0 aromatic heterocycles. The number of halogens is 3. The number of aryl methyl sites for hydroxylation is 1. The fourth-order valence-electron chi connectivity index (χ4n) is 3.16. The summed E-state index contributed by atoms with van der Waals surface area (Å²) in [6, 6.07) is 8.39. The highest BCUT2D eigenvalue weighted by Crippen LogP contribution is 2.39. The highest BCUT2D eigenvalue weighted by Gasteiger charge is 2.49. The third-order valence-corrected chi connectivity index (χ3v) is 7.41. The van der Waals surface area contributed by atoms with Crippen molar-refractivity contribution in [2.45, 2.75) is 44.0 Å². The molecule has 0 radical (unpaired) electrons. The first-order chi connectivity index (χ1) is 14.2. The first-order valence-corrected chi connectivity index (χ1v) is 12.0. The zero-order chi connectivity index (χ0) is 23.2. The Balaban J connectivity index is 2.06. The Bertz CT molecular complexity index is 1260. The highest BCUT2D eigenvalue weighted by atomic mass is 32.2. The van der Waals surface area contributed by atoms with Crippen LogP contribution in [0, 0.1) is 6.92 Å². The molecule has 0 spiro atoms. The van der Waals surface area contributed by atoms with E-state index in [1.807, 2.05) is 13.8 Å². The maximum atomic E-state index is 12.8. The summed E-state index contributed by atoms with van der Waals surface area (Å²) in [5.74, 6) is -0.475. The van der Waals surface area contributed by atoms with E-state index in [4.69, 9.17) is 0 Å². The smallest absolute Gasteiger partial charge is 0.376 e. The van der Waals surface area contributed by atoms with E-state index in [0.717, 1.165) is 22.8 Å². The van der Waals surface area contributed by atoms with Gasteiger partial charge in [0.15, 0.2) is 0 Å². The van der Waals surface area contributed by atoms with E-state index in [0.29, 0.717) is 5.56 Å². The Kier molecular flexibility index (Phi) is 5.87. The number of fused-ring (bicyclic) bond motifs is 1. The molecule has 2 aromatic carbocycles. The number of anilines is 1. The van der Waals surface area contributed by atoms with Gasteiger partial charge in [-0.15, -0.1) is 0 Å². The maximum absolute atomic E-state index is 12.8. The molecule has 1 aliphatic carbocycles. The Labute approximate surface area is 178 Å². The average molecular weight is 476 g/mol. The molecule has 168 valence electrons. The molecular weight excluding hydrogens is 455 g/mol. The van der Waals surface area contributed by atoms with Crippen LogP contribution in [0.1, 0.15) is 30.5 Å². The second kappa shape index (κ2) is 7.86. The Morgan fingerprint density at radius 2 is 1.39 bits per heavy atom. The molecule has 0 bridgehead atoms. The summed E-state index contributed by atoms with van der Waals surface area (Å²) in [6.07, 6.45) is 0.361. The van der Waals surface area contributed by atoms with Gasteiger partial charge in [-0.2, -0.15) is 21.6 Å². The first kappa shape index (κ1) is 23.1. The van der Waals surface area contributed by atoms with Gasteiger partial charge in [-0.1, -0.05) is 28.8 Å². The lowest BCUT2D eigenvalue weighted by Gasteiger charge is -2.25. The average Bonchev–Trinajstić information content (AvgIpc) is 2.64. The molecule has 0 heterocycles. The normalized spacial score (nSPS) is 14.9. The quantitative estimate of drug-likeness (QED) is 0.392. The number of alkyl halides is 3. The van der Waals surface area contributed by atoms with Crippen LogP contribution in [0.4, 0.5) is 18.9 Å². The zero-order valence-electron chi connectivity index (χ0n) is 16.9. The van der Waals surface area contributed by atoms with Crippen LogP contribution in [0.3, 0.4) is 0 Å². The minimum absolute atomic E-state index is 0.0195. The zero-order valence-corrected chi connectivity index (χ0v) is 18.5. The molecule has 1 N–H and O–H groups in total. The number of hydrogen-bond donors (Lipinski definition) is 1. The fraction of sp³-hybridized carbons (Fsp3) is 0.300. The standard InChI is InChI=1S/C20H20F3NO5S2/c1-12-4-6-15(7-5-12)30(25,26)24-18-8-9-19(29-31(27,28)20(21,22)23)17-11-14(3)13(2)10-16(17)18/h4-9,24H,10-11H2,1-3H3. The third-order valence-electron chi connectivity index (χ3n) is 5.06. The van der Waals surface area contributed by atoms with Gasteiger partial charge in [-0.05, 0) is 63.4 Å². The minimum Gasteiger partial charge on any atom is -0.376 e. The van der Waals surface area contributed by atoms with Crippen molar-refractivity contribution < 1.29 is 34.2 Å². The molecule has 0 amide bonds. The molecule has 11 heteroatoms. The predicted molar refractivity (Wildman–Crippen MR) is 110 cm³/mol. The molecule has 1 aliphatic rings. The Hall–Kier alpha value is -2.53. The number of nitrogens with one attached hydrogen (secondary N) is 1. The lowest BCUT2D eigenvalue weighted by molar-refractivity contribution is -0.0500. The van der Waals surface area contributed by atoms with Gasteiger partial charge in [0.2, 0.25) is 0 Å². The molecule has 0 atom stereocenters. The van der Waals surface area contributed by atoms with E-state index in [2.05, 4.69) is 8.91 Å². The van der Waals surface area contributed by atoms with Crippen molar-refractivity contribution in [1.29, 1.82) is 0 Å². The molecule has 0 saturated carbocycles. The van der Waals surface area contributed by atoms with Crippen molar-refractivity contribution in [3.05, 3.63) is 64.2 Å². The van der Waals surface area contributed by atoms with E-state index in [1.165, 1.54) is 18.2 Å². The van der Waals surface area contributed by atoms with Gasteiger partial charge in [0.1, 0.15) is 5.75 Å². The summed E-state index contributed by atoms with van der Waals surface area (Å²) < 4.78 is 93.8. The summed E-state index contributed by atoms with van der Waals surface area (Å²) in [7, 11) is -9.84. The van der Waals surface area contributed by atoms with E-state index in [1.54, 1.807) is 19.1 Å². The number of rotatable bonds is 5. The van der Waals surface area contributed by atoms with Crippen LogP contribution in [-0.4, -0.2) is 22.3 Å². The summed E-state index contributed by atoms with van der Waals surface area (Å²) in [5.41, 5.74) is -2.26. The molecule has 0 unspecified atom stereocenters. The molecule has 0 fully saturated rings. The van der Waals surface area contributed by atoms with Crippen molar-refractivity contribution in [2.75, 3.05) is 4.72 Å². The van der Waals surface area contributed by atoms with E-state index < -0.39 is 31.4 Å². The largest absolute Gasteiger partial charge is 0.534 e. The summed E-state index contributed by atoms with van der Waals surface area (Å²) in [6.45, 7) is 5.39. The minimum atomic E-state index is -5.87. The maximum Gasteiger partial charge on any atom is 0.534 e. The van der Waals surface area contributed by atoms with Gasteiger partial charge < -0.3 is 4.18 Å². The number of sulfonamides is 1. The van der Waals surface area contributed by atoms with Gasteiger partial charge in [0.25, 0.3) is 10.0 Å². The highest BCUT2D eigenvalue weighted by molar-refractivity contribution is 7.92. The Morgan fingerprint density at radius 1 is 0.839 bits per heavy atom. The number of hydrogen-bond acceptors (Lipinski definition) is 5. The lowest BCUT2D eigenvalue weighted by atomic mass is 9.86. The second-order valence-electron chi connectivity index (χ2n) is 7.38. The first-order valence-electron chi connectivity index (χ1n) is 9.11. The molecule has 0 saturated heterocycles. The molecule has 0 aliphatic heterocycles. The molecule has 2 aromatic rings. The van der Waals surface area contributed by atoms with Crippen LogP contribution in [0.5, 0.6) is 5.75 Å². The fourth-order valence-corrected chi connectivity index (χ4v) is 4.74. The number of allylic oxidation sites excluding steroid dienone is 2. The van der Waals surface area contributed by atoms with Crippen LogP contribution in [0.2, 0.25) is 0 Å². The van der Waals surface area contributed by atoms with Crippen LogP contribution in [0.15, 0.2) is 52.4 Å². The van der Waals surface area contributed by atoms with Crippen molar-refractivity contribution in [2.24, 2.45) is 0 Å². The summed E-state index contributed by atoms with van der Waals surface area (Å²) in [4.78, 5) is 0.0195. The van der Waals surface area contributed by atoms with Crippen LogP contribution in [0.25, 0.3) is 0 Å². The van der Waals surface area contributed by atoms with E-state index in [-0.39, 0.29) is 29.0 Å². The van der Waals surface area contributed by atoms with E-state index >= 15 is 0 Å². The van der Waals surface area contributed by atoms with Gasteiger partial charge in [0.05, 0.1) is 10.6 Å². The predicted octanol–water partition coefficient (Wildman–Crippen LogP) is 4.46. The van der Waals surface area contributed by atoms with Crippen molar-refractivity contribution >= 4 is 25.8 Å². The topological polar surface area (TPSA) is 89.5 Å². The molecule has 6 nitrogen and oxygen atoms in total. The molecular formula is C20H20F3NO5S2. The summed E-state index contributed by atoms with van der Waals surface area (Å²) in [5, 5.41) is 0. The third kappa shape index (κ3) is 4.72. The van der Waals surface area contributed by atoms with Gasteiger partial charge >= 0.3 is 15.6 Å². The van der Waals surface area contributed by atoms with Gasteiger partial charge in [0, 0.05) is 5.56 Å². The lowest BCUT2D eigenvalue weighted by Crippen LogP contribution is -2.28. The van der Waals surface area contributed by atoms with Gasteiger partial charge in [-0.25, -0.2) is 8.42 Å². The molecule has 3 rings (SSSR count). The number of benzene rings is 2. The Morgan fingerprint density at radius 3 is 1.94 bits per heavy atom. The monoisotopic (exact) mass is 475 g/mol. The molecule has 31 heavy (non-hydrogen) atoms.